The average Bonchev–Trinajstić information content (AvgIpc) is 2.25. The number of esters is 1. The summed E-state index contributed by atoms with van der Waals surface area (Å²) in [6.45, 7) is 5.06. The molecule has 0 atom stereocenters. The zero-order valence-corrected chi connectivity index (χ0v) is 10.7. The minimum atomic E-state index is -0.772. The van der Waals surface area contributed by atoms with E-state index in [2.05, 4.69) is 0 Å². The van der Waals surface area contributed by atoms with Gasteiger partial charge >= 0.3 is 5.97 Å². The Kier molecular flexibility index (Phi) is 3.90. The van der Waals surface area contributed by atoms with Crippen molar-refractivity contribution in [2.75, 3.05) is 7.11 Å². The molecule has 0 aliphatic rings. The van der Waals surface area contributed by atoms with Gasteiger partial charge in [-0.1, -0.05) is 6.07 Å². The van der Waals surface area contributed by atoms with Crippen molar-refractivity contribution in [3.05, 3.63) is 33.9 Å². The van der Waals surface area contributed by atoms with Crippen LogP contribution < -0.4 is 4.74 Å². The predicted molar refractivity (Wildman–Crippen MR) is 64.8 cm³/mol. The van der Waals surface area contributed by atoms with E-state index in [1.165, 1.54) is 25.3 Å². The van der Waals surface area contributed by atoms with Gasteiger partial charge in [0, 0.05) is 6.07 Å². The lowest BCUT2D eigenvalue weighted by molar-refractivity contribution is -0.385. The summed E-state index contributed by atoms with van der Waals surface area (Å²) in [5, 5.41) is 10.9. The maximum absolute atomic E-state index is 12.0. The van der Waals surface area contributed by atoms with Crippen LogP contribution in [0.5, 0.6) is 5.75 Å². The molecule has 0 radical (unpaired) electrons. The van der Waals surface area contributed by atoms with Crippen molar-refractivity contribution in [2.45, 2.75) is 26.4 Å². The molecule has 0 aliphatic carbocycles. The van der Waals surface area contributed by atoms with Crippen molar-refractivity contribution < 1.29 is 19.2 Å². The standard InChI is InChI=1S/C12H15NO5/c1-12(2,3)18-11(14)10-8(13(15)16)6-5-7-9(10)17-4/h5-7H,1-4H3. The number of nitrogens with zero attached hydrogens (tertiary/aromatic N) is 1. The Hall–Kier alpha value is -2.11. The highest BCUT2D eigenvalue weighted by Gasteiger charge is 2.29. The van der Waals surface area contributed by atoms with Crippen LogP contribution in [0.15, 0.2) is 18.2 Å². The number of nitro groups is 1. The number of carbonyl (C=O) groups excluding carboxylic acids is 1. The van der Waals surface area contributed by atoms with E-state index in [0.717, 1.165) is 0 Å². The van der Waals surface area contributed by atoms with Crippen LogP contribution in [0.25, 0.3) is 0 Å². The summed E-state index contributed by atoms with van der Waals surface area (Å²) in [7, 11) is 1.34. The number of carbonyl (C=O) groups is 1. The van der Waals surface area contributed by atoms with Gasteiger partial charge in [0.25, 0.3) is 5.69 Å². The lowest BCUT2D eigenvalue weighted by Gasteiger charge is -2.20. The maximum atomic E-state index is 12.0. The first-order valence-corrected chi connectivity index (χ1v) is 5.31. The third-order valence-electron chi connectivity index (χ3n) is 2.02. The van der Waals surface area contributed by atoms with Gasteiger partial charge in [0.2, 0.25) is 0 Å². The Labute approximate surface area is 105 Å². The molecule has 1 aromatic rings. The van der Waals surface area contributed by atoms with Crippen LogP contribution in [-0.4, -0.2) is 23.6 Å². The highest BCUT2D eigenvalue weighted by molar-refractivity contribution is 5.97. The fourth-order valence-corrected chi connectivity index (χ4v) is 1.38. The molecule has 0 aliphatic heterocycles. The van der Waals surface area contributed by atoms with Gasteiger partial charge in [-0.05, 0) is 26.8 Å². The minimum absolute atomic E-state index is 0.124. The third-order valence-corrected chi connectivity index (χ3v) is 2.02. The highest BCUT2D eigenvalue weighted by atomic mass is 16.6. The molecule has 0 aromatic heterocycles. The van der Waals surface area contributed by atoms with E-state index in [4.69, 9.17) is 9.47 Å². The normalized spacial score (nSPS) is 10.9. The Bertz CT molecular complexity index is 476. The average molecular weight is 253 g/mol. The number of hydrogen-bond acceptors (Lipinski definition) is 5. The maximum Gasteiger partial charge on any atom is 0.349 e. The molecule has 18 heavy (non-hydrogen) atoms. The van der Waals surface area contributed by atoms with Gasteiger partial charge in [-0.3, -0.25) is 10.1 Å². The monoisotopic (exact) mass is 253 g/mol. The van der Waals surface area contributed by atoms with Gasteiger partial charge in [0.1, 0.15) is 11.4 Å². The molecule has 6 nitrogen and oxygen atoms in total. The Morgan fingerprint density at radius 2 is 1.94 bits per heavy atom. The SMILES string of the molecule is COc1cccc([N+](=O)[O-])c1C(=O)OC(C)(C)C. The summed E-state index contributed by atoms with van der Waals surface area (Å²) < 4.78 is 10.1. The molecule has 6 heteroatoms. The summed E-state index contributed by atoms with van der Waals surface area (Å²) in [4.78, 5) is 22.2. The largest absolute Gasteiger partial charge is 0.496 e. The Morgan fingerprint density at radius 3 is 2.39 bits per heavy atom. The molecule has 0 bridgehead atoms. The number of methoxy groups -OCH3 is 1. The van der Waals surface area contributed by atoms with Crippen LogP contribution in [0.1, 0.15) is 31.1 Å². The smallest absolute Gasteiger partial charge is 0.349 e. The van der Waals surface area contributed by atoms with E-state index in [0.29, 0.717) is 0 Å². The number of nitro benzene ring substituents is 1. The van der Waals surface area contributed by atoms with Crippen LogP contribution in [-0.2, 0) is 4.74 Å². The third kappa shape index (κ3) is 3.19. The quantitative estimate of drug-likeness (QED) is 0.470. The fraction of sp³-hybridized carbons (Fsp3) is 0.417. The summed E-state index contributed by atoms with van der Waals surface area (Å²) in [5.74, 6) is -0.648. The second-order valence-electron chi connectivity index (χ2n) is 4.61. The lowest BCUT2D eigenvalue weighted by atomic mass is 10.1. The lowest BCUT2D eigenvalue weighted by Crippen LogP contribution is -2.24. The zero-order chi connectivity index (χ0) is 13.9. The van der Waals surface area contributed by atoms with Gasteiger partial charge in [-0.2, -0.15) is 0 Å². The number of ether oxygens (including phenoxy) is 2. The molecule has 0 amide bonds. The number of hydrogen-bond donors (Lipinski definition) is 0. The summed E-state index contributed by atoms with van der Waals surface area (Å²) in [6.07, 6.45) is 0. The Balaban J connectivity index is 3.28. The molecular weight excluding hydrogens is 238 g/mol. The molecule has 1 aromatic carbocycles. The molecule has 0 fully saturated rings. The van der Waals surface area contributed by atoms with Crippen molar-refractivity contribution in [3.8, 4) is 5.75 Å². The second-order valence-corrected chi connectivity index (χ2v) is 4.61. The first-order valence-electron chi connectivity index (χ1n) is 5.31. The van der Waals surface area contributed by atoms with E-state index < -0.39 is 16.5 Å². The molecular formula is C12H15NO5. The molecule has 98 valence electrons. The van der Waals surface area contributed by atoms with Crippen LogP contribution in [0.3, 0.4) is 0 Å². The fourth-order valence-electron chi connectivity index (χ4n) is 1.38. The highest BCUT2D eigenvalue weighted by Crippen LogP contribution is 2.30. The first-order chi connectivity index (χ1) is 8.26. The van der Waals surface area contributed by atoms with Crippen LogP contribution >= 0.6 is 0 Å². The van der Waals surface area contributed by atoms with Crippen LogP contribution in [0, 0.1) is 10.1 Å². The zero-order valence-electron chi connectivity index (χ0n) is 10.7. The van der Waals surface area contributed by atoms with Crippen molar-refractivity contribution in [2.24, 2.45) is 0 Å². The molecule has 0 unspecified atom stereocenters. The summed E-state index contributed by atoms with van der Waals surface area (Å²) >= 11 is 0. The van der Waals surface area contributed by atoms with E-state index in [1.807, 2.05) is 0 Å². The van der Waals surface area contributed by atoms with E-state index in [9.17, 15) is 14.9 Å². The van der Waals surface area contributed by atoms with E-state index >= 15 is 0 Å². The van der Waals surface area contributed by atoms with Crippen molar-refractivity contribution in [1.82, 2.24) is 0 Å². The van der Waals surface area contributed by atoms with E-state index in [1.54, 1.807) is 20.8 Å². The van der Waals surface area contributed by atoms with Crippen LogP contribution in [0.2, 0.25) is 0 Å². The molecule has 0 heterocycles. The van der Waals surface area contributed by atoms with Crippen LogP contribution in [0.4, 0.5) is 5.69 Å². The van der Waals surface area contributed by atoms with E-state index in [-0.39, 0.29) is 17.0 Å². The van der Waals surface area contributed by atoms with Gasteiger partial charge < -0.3 is 9.47 Å². The first kappa shape index (κ1) is 14.0. The summed E-state index contributed by atoms with van der Waals surface area (Å²) in [5.41, 5.74) is -1.23. The van der Waals surface area contributed by atoms with Crippen molar-refractivity contribution in [1.29, 1.82) is 0 Å². The van der Waals surface area contributed by atoms with Gasteiger partial charge in [0.15, 0.2) is 5.56 Å². The number of rotatable bonds is 3. The molecule has 0 saturated heterocycles. The molecule has 1 rings (SSSR count). The number of benzene rings is 1. The minimum Gasteiger partial charge on any atom is -0.496 e. The molecule has 0 N–H and O–H groups in total. The van der Waals surface area contributed by atoms with Gasteiger partial charge in [-0.25, -0.2) is 4.79 Å². The Morgan fingerprint density at radius 1 is 1.33 bits per heavy atom. The van der Waals surface area contributed by atoms with Crippen molar-refractivity contribution >= 4 is 11.7 Å². The molecule has 0 spiro atoms. The predicted octanol–water partition coefficient (Wildman–Crippen LogP) is 2.56. The summed E-state index contributed by atoms with van der Waals surface area (Å²) in [6, 6.07) is 4.17. The van der Waals surface area contributed by atoms with Gasteiger partial charge in [0.05, 0.1) is 12.0 Å². The van der Waals surface area contributed by atoms with Gasteiger partial charge in [-0.15, -0.1) is 0 Å². The topological polar surface area (TPSA) is 78.7 Å². The second kappa shape index (κ2) is 5.03. The van der Waals surface area contributed by atoms with Crippen molar-refractivity contribution in [3.63, 3.8) is 0 Å². The molecule has 0 saturated carbocycles.